The fraction of sp³-hybridized carbons (Fsp3) is 0.333. The van der Waals surface area contributed by atoms with E-state index in [1.165, 1.54) is 24.1 Å². The third-order valence-electron chi connectivity index (χ3n) is 2.84. The molecule has 2 aliphatic rings. The fourth-order valence-corrected chi connectivity index (χ4v) is 2.03. The average molecular weight is 213 g/mol. The number of unbranched alkanes of at least 4 members (excludes halogenated alkanes) is 1. The number of hydrogen-bond donors (Lipinski definition) is 1. The molecule has 1 aliphatic heterocycles. The van der Waals surface area contributed by atoms with Gasteiger partial charge in [0.2, 0.25) is 0 Å². The molecule has 0 radical (unpaired) electrons. The Bertz CT molecular complexity index is 380. The van der Waals surface area contributed by atoms with Gasteiger partial charge in [-0.05, 0) is 37.8 Å². The summed E-state index contributed by atoms with van der Waals surface area (Å²) in [6.45, 7) is 2.08. The van der Waals surface area contributed by atoms with E-state index in [1.807, 2.05) is 0 Å². The van der Waals surface area contributed by atoms with E-state index >= 15 is 0 Å². The van der Waals surface area contributed by atoms with Crippen LogP contribution in [0.1, 0.15) is 26.2 Å². The summed E-state index contributed by atoms with van der Waals surface area (Å²) in [5.74, 6) is 0. The highest BCUT2D eigenvalue weighted by molar-refractivity contribution is 5.42. The zero-order valence-electron chi connectivity index (χ0n) is 9.82. The van der Waals surface area contributed by atoms with Gasteiger partial charge in [0.15, 0.2) is 0 Å². The van der Waals surface area contributed by atoms with Crippen LogP contribution >= 0.6 is 0 Å². The molecule has 2 rings (SSSR count). The number of rotatable bonds is 4. The van der Waals surface area contributed by atoms with Crippen molar-refractivity contribution < 1.29 is 0 Å². The topological polar surface area (TPSA) is 12.0 Å². The molecule has 1 heteroatoms. The number of allylic oxidation sites excluding steroid dienone is 8. The summed E-state index contributed by atoms with van der Waals surface area (Å²) in [5, 5.41) is 3.54. The molecule has 84 valence electrons. The van der Waals surface area contributed by atoms with Crippen molar-refractivity contribution in [2.45, 2.75) is 32.2 Å². The molecule has 0 saturated carbocycles. The van der Waals surface area contributed by atoms with Crippen LogP contribution in [-0.2, 0) is 0 Å². The lowest BCUT2D eigenvalue weighted by atomic mass is 10.0. The first kappa shape index (κ1) is 11.0. The van der Waals surface area contributed by atoms with Crippen LogP contribution in [0.3, 0.4) is 0 Å². The van der Waals surface area contributed by atoms with Gasteiger partial charge in [-0.25, -0.2) is 0 Å². The normalized spacial score (nSPS) is 22.7. The summed E-state index contributed by atoms with van der Waals surface area (Å²) in [7, 11) is 0. The Balaban J connectivity index is 1.92. The van der Waals surface area contributed by atoms with Gasteiger partial charge in [0.05, 0.1) is 6.04 Å². The van der Waals surface area contributed by atoms with Crippen molar-refractivity contribution in [3.8, 4) is 0 Å². The molecule has 1 atom stereocenters. The van der Waals surface area contributed by atoms with Crippen LogP contribution in [0.25, 0.3) is 0 Å². The largest absolute Gasteiger partial charge is 0.379 e. The monoisotopic (exact) mass is 213 g/mol. The molecule has 0 amide bonds. The Labute approximate surface area is 97.9 Å². The second-order valence-corrected chi connectivity index (χ2v) is 4.21. The minimum Gasteiger partial charge on any atom is -0.379 e. The molecule has 1 nitrogen and oxygen atoms in total. The first-order valence-electron chi connectivity index (χ1n) is 6.03. The molecule has 2 bridgehead atoms. The van der Waals surface area contributed by atoms with Crippen LogP contribution in [0.4, 0.5) is 0 Å². The van der Waals surface area contributed by atoms with E-state index in [1.54, 1.807) is 0 Å². The van der Waals surface area contributed by atoms with E-state index in [2.05, 4.69) is 60.8 Å². The Morgan fingerprint density at radius 2 is 2.31 bits per heavy atom. The third kappa shape index (κ3) is 2.99. The van der Waals surface area contributed by atoms with E-state index in [-0.39, 0.29) is 0 Å². The van der Waals surface area contributed by atoms with Gasteiger partial charge in [-0.3, -0.25) is 0 Å². The lowest BCUT2D eigenvalue weighted by Crippen LogP contribution is -2.27. The highest BCUT2D eigenvalue weighted by atomic mass is 14.9. The number of hydrogen-bond acceptors (Lipinski definition) is 1. The zero-order valence-corrected chi connectivity index (χ0v) is 9.82. The minimum absolute atomic E-state index is 0.381. The highest BCUT2D eigenvalue weighted by Gasteiger charge is 2.11. The van der Waals surface area contributed by atoms with Crippen molar-refractivity contribution in [2.24, 2.45) is 0 Å². The second kappa shape index (κ2) is 5.55. The number of dihydropyridines is 1. The summed E-state index contributed by atoms with van der Waals surface area (Å²) in [4.78, 5) is 0. The molecule has 1 N–H and O–H groups in total. The summed E-state index contributed by atoms with van der Waals surface area (Å²) >= 11 is 0. The van der Waals surface area contributed by atoms with Crippen LogP contribution in [-0.4, -0.2) is 6.04 Å². The molecule has 0 saturated heterocycles. The van der Waals surface area contributed by atoms with Crippen molar-refractivity contribution in [3.63, 3.8) is 0 Å². The summed E-state index contributed by atoms with van der Waals surface area (Å²) in [6, 6.07) is 0.381. The molecular weight excluding hydrogens is 194 g/mol. The van der Waals surface area contributed by atoms with Crippen LogP contribution in [0.2, 0.25) is 0 Å². The van der Waals surface area contributed by atoms with Gasteiger partial charge in [-0.15, -0.1) is 0 Å². The minimum atomic E-state index is 0.381. The Morgan fingerprint density at radius 3 is 3.19 bits per heavy atom. The van der Waals surface area contributed by atoms with Crippen LogP contribution in [0.5, 0.6) is 0 Å². The second-order valence-electron chi connectivity index (χ2n) is 4.21. The van der Waals surface area contributed by atoms with E-state index in [9.17, 15) is 0 Å². The van der Waals surface area contributed by atoms with Gasteiger partial charge in [-0.2, -0.15) is 0 Å². The van der Waals surface area contributed by atoms with E-state index in [0.717, 1.165) is 6.42 Å². The Morgan fingerprint density at radius 1 is 1.38 bits per heavy atom. The van der Waals surface area contributed by atoms with Gasteiger partial charge < -0.3 is 5.32 Å². The van der Waals surface area contributed by atoms with Crippen molar-refractivity contribution in [1.82, 2.24) is 5.32 Å². The molecule has 1 unspecified atom stereocenters. The maximum Gasteiger partial charge on any atom is 0.0637 e. The number of nitrogens with one attached hydrogen (secondary N) is 1. The quantitative estimate of drug-likeness (QED) is 0.555. The lowest BCUT2D eigenvalue weighted by molar-refractivity contribution is 0.693. The molecule has 1 aliphatic carbocycles. The molecule has 0 spiro atoms. The summed E-state index contributed by atoms with van der Waals surface area (Å²) in [5.41, 5.74) is 2.69. The van der Waals surface area contributed by atoms with Crippen molar-refractivity contribution in [3.05, 3.63) is 59.9 Å². The van der Waals surface area contributed by atoms with Crippen LogP contribution in [0, 0.1) is 0 Å². The predicted octanol–water partition coefficient (Wildman–Crippen LogP) is 3.64. The molecule has 0 aromatic rings. The maximum absolute atomic E-state index is 3.54. The SMILES string of the molecule is C/C=C\CCCC1=CC2=CC(C=CC=C2)N1. The third-order valence-corrected chi connectivity index (χ3v) is 2.84. The first-order valence-corrected chi connectivity index (χ1v) is 6.03. The van der Waals surface area contributed by atoms with Crippen molar-refractivity contribution in [2.75, 3.05) is 0 Å². The summed E-state index contributed by atoms with van der Waals surface area (Å²) < 4.78 is 0. The predicted molar refractivity (Wildman–Crippen MR) is 70.0 cm³/mol. The zero-order chi connectivity index (χ0) is 11.2. The van der Waals surface area contributed by atoms with Crippen molar-refractivity contribution >= 4 is 0 Å². The molecule has 0 aromatic carbocycles. The van der Waals surface area contributed by atoms with Gasteiger partial charge in [0.25, 0.3) is 0 Å². The standard InChI is InChI=1S/C15H19N/c1-2-3-4-5-9-14-11-13-8-6-7-10-15(12-13)16-14/h2-3,6-8,10-12,15-16H,4-5,9H2,1H3/b3-2-. The van der Waals surface area contributed by atoms with E-state index in [4.69, 9.17) is 0 Å². The molecule has 0 fully saturated rings. The lowest BCUT2D eigenvalue weighted by Gasteiger charge is -2.20. The Kier molecular flexibility index (Phi) is 3.81. The van der Waals surface area contributed by atoms with E-state index < -0.39 is 0 Å². The Hall–Kier alpha value is -1.50. The number of fused-ring (bicyclic) bond motifs is 1. The van der Waals surface area contributed by atoms with Crippen LogP contribution < -0.4 is 5.32 Å². The fourth-order valence-electron chi connectivity index (χ4n) is 2.03. The molecular formula is C15H19N. The maximum atomic E-state index is 3.54. The van der Waals surface area contributed by atoms with E-state index in [0.29, 0.717) is 6.04 Å². The highest BCUT2D eigenvalue weighted by Crippen LogP contribution is 2.18. The molecule has 16 heavy (non-hydrogen) atoms. The van der Waals surface area contributed by atoms with Gasteiger partial charge in [-0.1, -0.05) is 42.5 Å². The molecule has 0 aromatic heterocycles. The van der Waals surface area contributed by atoms with Gasteiger partial charge in [0.1, 0.15) is 0 Å². The van der Waals surface area contributed by atoms with Crippen molar-refractivity contribution in [1.29, 1.82) is 0 Å². The summed E-state index contributed by atoms with van der Waals surface area (Å²) in [6.07, 6.45) is 21.0. The molecule has 1 heterocycles. The van der Waals surface area contributed by atoms with Gasteiger partial charge >= 0.3 is 0 Å². The first-order chi connectivity index (χ1) is 7.88. The van der Waals surface area contributed by atoms with Gasteiger partial charge in [0, 0.05) is 5.70 Å². The average Bonchev–Trinajstić information content (AvgIpc) is 2.46. The smallest absolute Gasteiger partial charge is 0.0637 e. The van der Waals surface area contributed by atoms with Crippen LogP contribution in [0.15, 0.2) is 59.9 Å².